The summed E-state index contributed by atoms with van der Waals surface area (Å²) in [7, 11) is 0. The van der Waals surface area contributed by atoms with Gasteiger partial charge in [0.05, 0.1) is 0 Å². The Morgan fingerprint density at radius 3 is 2.30 bits per heavy atom. The molecule has 0 heterocycles. The first-order valence-electron chi connectivity index (χ1n) is 7.69. The van der Waals surface area contributed by atoms with Gasteiger partial charge >= 0.3 is 0 Å². The van der Waals surface area contributed by atoms with E-state index in [0.29, 0.717) is 6.61 Å². The summed E-state index contributed by atoms with van der Waals surface area (Å²) >= 11 is 0. The quantitative estimate of drug-likeness (QED) is 0.841. The molecule has 23 heavy (non-hydrogen) atoms. The number of carbonyl (C=O) groups excluding carboxylic acids is 1. The molecule has 0 aromatic heterocycles. The van der Waals surface area contributed by atoms with Crippen LogP contribution in [0.5, 0.6) is 5.75 Å². The number of rotatable bonds is 5. The van der Waals surface area contributed by atoms with Crippen molar-refractivity contribution in [2.24, 2.45) is 0 Å². The van der Waals surface area contributed by atoms with E-state index in [0.717, 1.165) is 16.9 Å². The maximum absolute atomic E-state index is 11.7. The van der Waals surface area contributed by atoms with Gasteiger partial charge in [-0.2, -0.15) is 0 Å². The summed E-state index contributed by atoms with van der Waals surface area (Å²) in [5.74, 6) is 0.715. The number of hydrogen-bond donors (Lipinski definition) is 1. The van der Waals surface area contributed by atoms with Crippen molar-refractivity contribution >= 4 is 12.0 Å². The summed E-state index contributed by atoms with van der Waals surface area (Å²) in [5.41, 5.74) is 1.87. The van der Waals surface area contributed by atoms with E-state index in [-0.39, 0.29) is 11.4 Å². The summed E-state index contributed by atoms with van der Waals surface area (Å²) in [6.07, 6.45) is 3.34. The van der Waals surface area contributed by atoms with E-state index in [9.17, 15) is 4.79 Å². The van der Waals surface area contributed by atoms with Gasteiger partial charge in [-0.25, -0.2) is 0 Å². The van der Waals surface area contributed by atoms with Crippen LogP contribution in [0.4, 0.5) is 0 Å². The van der Waals surface area contributed by atoms with Crippen molar-refractivity contribution in [1.29, 1.82) is 0 Å². The van der Waals surface area contributed by atoms with Crippen LogP contribution in [0, 0.1) is 0 Å². The Hall–Kier alpha value is -2.55. The minimum Gasteiger partial charge on any atom is -0.489 e. The second-order valence-electron chi connectivity index (χ2n) is 6.42. The normalized spacial score (nSPS) is 11.4. The van der Waals surface area contributed by atoms with Crippen molar-refractivity contribution in [3.05, 3.63) is 71.8 Å². The van der Waals surface area contributed by atoms with Gasteiger partial charge in [0.2, 0.25) is 5.91 Å². The first-order chi connectivity index (χ1) is 10.9. The SMILES string of the molecule is CC(C)(C)NC(=O)/C=C/c1ccc(OCc2ccccc2)cc1. The largest absolute Gasteiger partial charge is 0.489 e. The van der Waals surface area contributed by atoms with Gasteiger partial charge in [0.1, 0.15) is 12.4 Å². The molecule has 1 N–H and O–H groups in total. The van der Waals surface area contributed by atoms with Gasteiger partial charge in [-0.3, -0.25) is 4.79 Å². The Balaban J connectivity index is 1.88. The summed E-state index contributed by atoms with van der Waals surface area (Å²) in [5, 5.41) is 2.89. The number of benzene rings is 2. The first kappa shape index (κ1) is 16.8. The third-order valence-corrected chi connectivity index (χ3v) is 3.05. The zero-order chi connectivity index (χ0) is 16.7. The average Bonchev–Trinajstić information content (AvgIpc) is 2.51. The highest BCUT2D eigenvalue weighted by Gasteiger charge is 2.10. The lowest BCUT2D eigenvalue weighted by Crippen LogP contribution is -2.39. The van der Waals surface area contributed by atoms with Crippen molar-refractivity contribution in [2.75, 3.05) is 0 Å². The maximum Gasteiger partial charge on any atom is 0.244 e. The van der Waals surface area contributed by atoms with Crippen LogP contribution >= 0.6 is 0 Å². The molecule has 3 heteroatoms. The fraction of sp³-hybridized carbons (Fsp3) is 0.250. The van der Waals surface area contributed by atoms with Gasteiger partial charge in [0.15, 0.2) is 0 Å². The lowest BCUT2D eigenvalue weighted by molar-refractivity contribution is -0.117. The standard InChI is InChI=1S/C20H23NO2/c1-20(2,3)21-19(22)14-11-16-9-12-18(13-10-16)23-15-17-7-5-4-6-8-17/h4-14H,15H2,1-3H3,(H,21,22)/b14-11+. The second kappa shape index (κ2) is 7.63. The van der Waals surface area contributed by atoms with Gasteiger partial charge in [-0.05, 0) is 50.1 Å². The fourth-order valence-electron chi connectivity index (χ4n) is 2.00. The lowest BCUT2D eigenvalue weighted by atomic mass is 10.1. The highest BCUT2D eigenvalue weighted by molar-refractivity contribution is 5.92. The monoisotopic (exact) mass is 309 g/mol. The van der Waals surface area contributed by atoms with Gasteiger partial charge in [0.25, 0.3) is 0 Å². The molecule has 2 aromatic rings. The summed E-state index contributed by atoms with van der Waals surface area (Å²) < 4.78 is 5.74. The average molecular weight is 309 g/mol. The number of ether oxygens (including phenoxy) is 1. The molecule has 0 radical (unpaired) electrons. The van der Waals surface area contributed by atoms with Crippen LogP contribution in [0.15, 0.2) is 60.7 Å². The van der Waals surface area contributed by atoms with Crippen LogP contribution in [0.2, 0.25) is 0 Å². The zero-order valence-corrected chi connectivity index (χ0v) is 13.9. The molecule has 0 bridgehead atoms. The lowest BCUT2D eigenvalue weighted by Gasteiger charge is -2.18. The molecule has 0 aliphatic heterocycles. The van der Waals surface area contributed by atoms with Gasteiger partial charge in [-0.1, -0.05) is 42.5 Å². The topological polar surface area (TPSA) is 38.3 Å². The molecule has 0 atom stereocenters. The van der Waals surface area contributed by atoms with E-state index in [2.05, 4.69) is 5.32 Å². The molecule has 2 aromatic carbocycles. The maximum atomic E-state index is 11.7. The molecule has 0 unspecified atom stereocenters. The van der Waals surface area contributed by atoms with Crippen molar-refractivity contribution in [3.8, 4) is 5.75 Å². The predicted octanol–water partition coefficient (Wildman–Crippen LogP) is 4.19. The molecule has 120 valence electrons. The molecular weight excluding hydrogens is 286 g/mol. The third kappa shape index (κ3) is 6.39. The molecule has 0 saturated heterocycles. The van der Waals surface area contributed by atoms with E-state index >= 15 is 0 Å². The molecular formula is C20H23NO2. The Labute approximate surface area is 138 Å². The summed E-state index contributed by atoms with van der Waals surface area (Å²) in [6, 6.07) is 17.7. The molecule has 0 saturated carbocycles. The van der Waals surface area contributed by atoms with Crippen molar-refractivity contribution in [2.45, 2.75) is 32.9 Å². The molecule has 0 aliphatic carbocycles. The highest BCUT2D eigenvalue weighted by Crippen LogP contribution is 2.15. The minimum atomic E-state index is -0.226. The van der Waals surface area contributed by atoms with Crippen molar-refractivity contribution in [3.63, 3.8) is 0 Å². The number of nitrogens with one attached hydrogen (secondary N) is 1. The van der Waals surface area contributed by atoms with E-state index in [1.807, 2.05) is 75.4 Å². The second-order valence-corrected chi connectivity index (χ2v) is 6.42. The molecule has 0 fully saturated rings. The number of amides is 1. The summed E-state index contributed by atoms with van der Waals surface area (Å²) in [6.45, 7) is 6.41. The number of hydrogen-bond acceptors (Lipinski definition) is 2. The Bertz CT molecular complexity index is 652. The highest BCUT2D eigenvalue weighted by atomic mass is 16.5. The molecule has 3 nitrogen and oxygen atoms in total. The molecule has 2 rings (SSSR count). The van der Waals surface area contributed by atoms with Crippen molar-refractivity contribution < 1.29 is 9.53 Å². The van der Waals surface area contributed by atoms with E-state index in [1.165, 1.54) is 0 Å². The Kier molecular flexibility index (Phi) is 5.58. The van der Waals surface area contributed by atoms with Gasteiger partial charge < -0.3 is 10.1 Å². The van der Waals surface area contributed by atoms with Crippen molar-refractivity contribution in [1.82, 2.24) is 5.32 Å². The van der Waals surface area contributed by atoms with Crippen LogP contribution in [0.3, 0.4) is 0 Å². The zero-order valence-electron chi connectivity index (χ0n) is 13.9. The number of carbonyl (C=O) groups is 1. The first-order valence-corrected chi connectivity index (χ1v) is 7.69. The smallest absolute Gasteiger partial charge is 0.244 e. The van der Waals surface area contributed by atoms with E-state index in [4.69, 9.17) is 4.74 Å². The van der Waals surface area contributed by atoms with Crippen LogP contribution in [0.25, 0.3) is 6.08 Å². The van der Waals surface area contributed by atoms with E-state index < -0.39 is 0 Å². The van der Waals surface area contributed by atoms with E-state index in [1.54, 1.807) is 12.2 Å². The molecule has 0 aliphatic rings. The Morgan fingerprint density at radius 1 is 1.04 bits per heavy atom. The van der Waals surface area contributed by atoms with Gasteiger partial charge in [-0.15, -0.1) is 0 Å². The molecule has 1 amide bonds. The predicted molar refractivity (Wildman–Crippen MR) is 94.1 cm³/mol. The van der Waals surface area contributed by atoms with Crippen LogP contribution < -0.4 is 10.1 Å². The fourth-order valence-corrected chi connectivity index (χ4v) is 2.00. The van der Waals surface area contributed by atoms with Gasteiger partial charge in [0, 0.05) is 11.6 Å². The minimum absolute atomic E-state index is 0.0955. The molecule has 0 spiro atoms. The Morgan fingerprint density at radius 2 is 1.70 bits per heavy atom. The van der Waals surface area contributed by atoms with Crippen LogP contribution in [-0.4, -0.2) is 11.4 Å². The van der Waals surface area contributed by atoms with Crippen LogP contribution in [0.1, 0.15) is 31.9 Å². The van der Waals surface area contributed by atoms with Crippen LogP contribution in [-0.2, 0) is 11.4 Å². The third-order valence-electron chi connectivity index (χ3n) is 3.05. The summed E-state index contributed by atoms with van der Waals surface area (Å²) in [4.78, 5) is 11.7.